The van der Waals surface area contributed by atoms with Crippen molar-refractivity contribution in [3.63, 3.8) is 0 Å². The fraction of sp³-hybridized carbons (Fsp3) is 0.533. The summed E-state index contributed by atoms with van der Waals surface area (Å²) in [5.74, 6) is 0. The summed E-state index contributed by atoms with van der Waals surface area (Å²) in [5.41, 5.74) is 8.48. The third-order valence-corrected chi connectivity index (χ3v) is 3.95. The molecule has 0 bridgehead atoms. The van der Waals surface area contributed by atoms with Gasteiger partial charge in [-0.3, -0.25) is 9.58 Å². The highest BCUT2D eigenvalue weighted by molar-refractivity contribution is 5.85. The summed E-state index contributed by atoms with van der Waals surface area (Å²) >= 11 is 0. The molecule has 20 heavy (non-hydrogen) atoms. The third-order valence-electron chi connectivity index (χ3n) is 3.95. The molecule has 1 atom stereocenters. The van der Waals surface area contributed by atoms with E-state index in [4.69, 9.17) is 10.8 Å². The Kier molecular flexibility index (Phi) is 5.02. The van der Waals surface area contributed by atoms with Gasteiger partial charge in [-0.15, -0.1) is 12.4 Å². The minimum Gasteiger partial charge on any atom is -0.327 e. The van der Waals surface area contributed by atoms with Crippen LogP contribution in [-0.4, -0.2) is 33.8 Å². The van der Waals surface area contributed by atoms with E-state index in [0.29, 0.717) is 6.04 Å². The second-order valence-electron chi connectivity index (χ2n) is 5.42. The molecule has 0 spiro atoms. The number of benzene rings is 1. The number of hydrogen-bond donors (Lipinski definition) is 1. The highest BCUT2D eigenvalue weighted by Gasteiger charge is 2.19. The zero-order chi connectivity index (χ0) is 13.2. The summed E-state index contributed by atoms with van der Waals surface area (Å²) in [6, 6.07) is 8.82. The van der Waals surface area contributed by atoms with Crippen LogP contribution < -0.4 is 5.73 Å². The van der Waals surface area contributed by atoms with Crippen LogP contribution in [0.3, 0.4) is 0 Å². The number of likely N-dealkylation sites (tertiary alicyclic amines) is 1. The molecular formula is C15H23ClN4. The molecule has 0 radical (unpaired) electrons. The van der Waals surface area contributed by atoms with Crippen molar-refractivity contribution in [2.24, 2.45) is 5.73 Å². The quantitative estimate of drug-likeness (QED) is 0.945. The first-order chi connectivity index (χ1) is 9.28. The number of halogens is 1. The predicted octanol–water partition coefficient (Wildman–Crippen LogP) is 2.40. The van der Waals surface area contributed by atoms with Crippen molar-refractivity contribution in [1.29, 1.82) is 0 Å². The van der Waals surface area contributed by atoms with Crippen LogP contribution in [0.2, 0.25) is 0 Å². The normalized spacial score (nSPS) is 20.0. The Bertz CT molecular complexity index is 566. The van der Waals surface area contributed by atoms with Crippen molar-refractivity contribution >= 4 is 23.3 Å². The SMILES string of the molecule is CCn1nc(CN2CCC[C@@H](N)C2)c2ccccc21.Cl. The maximum absolute atomic E-state index is 6.06. The standard InChI is InChI=1S/C15H22N4.ClH/c1-2-19-15-8-4-3-7-13(15)14(17-19)11-18-9-5-6-12(16)10-18;/h3-4,7-8,12H,2,5-6,9-11,16H2,1H3;1H/t12-;/m1./s1. The van der Waals surface area contributed by atoms with Gasteiger partial charge in [0.25, 0.3) is 0 Å². The molecule has 5 heteroatoms. The van der Waals surface area contributed by atoms with Crippen LogP contribution in [-0.2, 0) is 13.1 Å². The van der Waals surface area contributed by atoms with Crippen LogP contribution in [0.15, 0.2) is 24.3 Å². The predicted molar refractivity (Wildman–Crippen MR) is 85.1 cm³/mol. The average molecular weight is 295 g/mol. The highest BCUT2D eigenvalue weighted by atomic mass is 35.5. The molecule has 1 aliphatic heterocycles. The molecule has 1 saturated heterocycles. The second kappa shape index (κ2) is 6.57. The maximum Gasteiger partial charge on any atom is 0.0843 e. The summed E-state index contributed by atoms with van der Waals surface area (Å²) in [7, 11) is 0. The summed E-state index contributed by atoms with van der Waals surface area (Å²) in [6.45, 7) is 6.11. The number of piperidine rings is 1. The van der Waals surface area contributed by atoms with E-state index in [2.05, 4.69) is 40.8 Å². The van der Waals surface area contributed by atoms with Gasteiger partial charge in [-0.2, -0.15) is 5.10 Å². The van der Waals surface area contributed by atoms with Gasteiger partial charge >= 0.3 is 0 Å². The van der Waals surface area contributed by atoms with Crippen LogP contribution in [0, 0.1) is 0 Å². The molecule has 4 nitrogen and oxygen atoms in total. The molecule has 0 saturated carbocycles. The van der Waals surface area contributed by atoms with E-state index in [0.717, 1.165) is 32.6 Å². The summed E-state index contributed by atoms with van der Waals surface area (Å²) in [6.07, 6.45) is 2.36. The van der Waals surface area contributed by atoms with E-state index in [-0.39, 0.29) is 12.4 Å². The Morgan fingerprint density at radius 3 is 2.90 bits per heavy atom. The summed E-state index contributed by atoms with van der Waals surface area (Å²) in [4.78, 5) is 2.43. The number of nitrogens with two attached hydrogens (primary N) is 1. The third kappa shape index (κ3) is 2.97. The average Bonchev–Trinajstić information content (AvgIpc) is 2.77. The molecule has 0 unspecified atom stereocenters. The van der Waals surface area contributed by atoms with Crippen molar-refractivity contribution in [3.05, 3.63) is 30.0 Å². The van der Waals surface area contributed by atoms with E-state index in [1.54, 1.807) is 0 Å². The zero-order valence-corrected chi connectivity index (χ0v) is 12.8. The second-order valence-corrected chi connectivity index (χ2v) is 5.42. The molecule has 0 amide bonds. The monoisotopic (exact) mass is 294 g/mol. The number of nitrogens with zero attached hydrogens (tertiary/aromatic N) is 3. The van der Waals surface area contributed by atoms with Crippen LogP contribution in [0.5, 0.6) is 0 Å². The minimum atomic E-state index is 0. The van der Waals surface area contributed by atoms with Gasteiger partial charge in [-0.1, -0.05) is 18.2 Å². The largest absolute Gasteiger partial charge is 0.327 e. The number of fused-ring (bicyclic) bond motifs is 1. The molecule has 1 aromatic heterocycles. The molecule has 0 aliphatic carbocycles. The topological polar surface area (TPSA) is 47.1 Å². The smallest absolute Gasteiger partial charge is 0.0843 e. The fourth-order valence-electron chi connectivity index (χ4n) is 3.00. The fourth-order valence-corrected chi connectivity index (χ4v) is 3.00. The minimum absolute atomic E-state index is 0. The Labute approximate surface area is 126 Å². The molecule has 2 N–H and O–H groups in total. The lowest BCUT2D eigenvalue weighted by atomic mass is 10.1. The first-order valence-electron chi connectivity index (χ1n) is 7.20. The van der Waals surface area contributed by atoms with Gasteiger partial charge in [0, 0.05) is 31.1 Å². The van der Waals surface area contributed by atoms with E-state index >= 15 is 0 Å². The van der Waals surface area contributed by atoms with Gasteiger partial charge in [0.2, 0.25) is 0 Å². The molecule has 1 aromatic carbocycles. The summed E-state index contributed by atoms with van der Waals surface area (Å²) < 4.78 is 2.09. The molecule has 2 aromatic rings. The highest BCUT2D eigenvalue weighted by Crippen LogP contribution is 2.21. The number of aromatic nitrogens is 2. The molecule has 2 heterocycles. The number of para-hydroxylation sites is 1. The van der Waals surface area contributed by atoms with Crippen molar-refractivity contribution in [3.8, 4) is 0 Å². The van der Waals surface area contributed by atoms with E-state index < -0.39 is 0 Å². The van der Waals surface area contributed by atoms with Crippen LogP contribution in [0.25, 0.3) is 10.9 Å². The molecule has 1 fully saturated rings. The lowest BCUT2D eigenvalue weighted by Crippen LogP contribution is -2.42. The van der Waals surface area contributed by atoms with Crippen LogP contribution in [0.1, 0.15) is 25.5 Å². The molecule has 3 rings (SSSR count). The lowest BCUT2D eigenvalue weighted by Gasteiger charge is -2.30. The summed E-state index contributed by atoms with van der Waals surface area (Å²) in [5, 5.41) is 6.04. The molecule has 1 aliphatic rings. The first kappa shape index (κ1) is 15.3. The maximum atomic E-state index is 6.06. The van der Waals surface area contributed by atoms with E-state index in [1.807, 2.05) is 0 Å². The van der Waals surface area contributed by atoms with Gasteiger partial charge < -0.3 is 5.73 Å². The first-order valence-corrected chi connectivity index (χ1v) is 7.20. The Hall–Kier alpha value is -1.10. The van der Waals surface area contributed by atoms with Gasteiger partial charge in [-0.25, -0.2) is 0 Å². The van der Waals surface area contributed by atoms with Crippen molar-refractivity contribution < 1.29 is 0 Å². The van der Waals surface area contributed by atoms with E-state index in [1.165, 1.54) is 23.0 Å². The van der Waals surface area contributed by atoms with Crippen molar-refractivity contribution in [2.45, 2.75) is 38.9 Å². The Morgan fingerprint density at radius 1 is 1.35 bits per heavy atom. The van der Waals surface area contributed by atoms with Crippen LogP contribution in [0.4, 0.5) is 0 Å². The van der Waals surface area contributed by atoms with Crippen LogP contribution >= 0.6 is 12.4 Å². The Morgan fingerprint density at radius 2 is 2.15 bits per heavy atom. The van der Waals surface area contributed by atoms with E-state index in [9.17, 15) is 0 Å². The lowest BCUT2D eigenvalue weighted by molar-refractivity contribution is 0.199. The number of rotatable bonds is 3. The Balaban J connectivity index is 0.00000147. The zero-order valence-electron chi connectivity index (χ0n) is 12.0. The van der Waals surface area contributed by atoms with Crippen molar-refractivity contribution in [1.82, 2.24) is 14.7 Å². The number of hydrogen-bond acceptors (Lipinski definition) is 3. The number of aryl methyl sites for hydroxylation is 1. The van der Waals surface area contributed by atoms with Gasteiger partial charge in [0.05, 0.1) is 11.2 Å². The van der Waals surface area contributed by atoms with Gasteiger partial charge in [0.15, 0.2) is 0 Å². The van der Waals surface area contributed by atoms with Crippen molar-refractivity contribution in [2.75, 3.05) is 13.1 Å². The molecular weight excluding hydrogens is 272 g/mol. The molecule has 110 valence electrons. The van der Waals surface area contributed by atoms with Gasteiger partial charge in [0.1, 0.15) is 0 Å². The van der Waals surface area contributed by atoms with Gasteiger partial charge in [-0.05, 0) is 32.4 Å².